The highest BCUT2D eigenvalue weighted by atomic mass is 16.6. The molecule has 582 valence electrons. The fourth-order valence-corrected chi connectivity index (χ4v) is 14.6. The Hall–Kier alpha value is -9.99. The third kappa shape index (κ3) is 20.2. The van der Waals surface area contributed by atoms with E-state index >= 15 is 0 Å². The van der Waals surface area contributed by atoms with Crippen LogP contribution in [0.3, 0.4) is 0 Å². The Morgan fingerprint density at radius 1 is 0.630 bits per heavy atom. The number of aryl methyl sites for hydroxylation is 9. The molecule has 5 heterocycles. The fourth-order valence-electron chi connectivity index (χ4n) is 14.6. The van der Waals surface area contributed by atoms with Crippen LogP contribution in [0.25, 0.3) is 22.1 Å². The van der Waals surface area contributed by atoms with Gasteiger partial charge in [-0.15, -0.1) is 0 Å². The number of likely N-dealkylation sites (tertiary alicyclic amines) is 1. The van der Waals surface area contributed by atoms with Crippen molar-refractivity contribution in [2.75, 3.05) is 79.6 Å². The molecule has 0 spiro atoms. The van der Waals surface area contributed by atoms with Crippen LogP contribution in [0.2, 0.25) is 0 Å². The SMILES string of the molecule is CCn1nc(C)cc1C(=O)N=c1n(C)c2cc(C(N)=O)ccc2n1CCC(CCn1c(=NC(=O)c2cc(C)nn2CC)n(C)c2cc(C(N)=O)ccc21)OCC(=O)NCCOCCOCCOCCOCC(=O)N[C@H]1C[C@@H](C(=O)NC2CCCc3ccccc32)N(C(=O)[C@@H](NC(=O)[C@H](C)NC)C2CCCCC2)C1. The van der Waals surface area contributed by atoms with Crippen LogP contribution in [0.4, 0.5) is 0 Å². The van der Waals surface area contributed by atoms with Gasteiger partial charge in [0.2, 0.25) is 52.6 Å². The number of nitrogens with two attached hydrogens (primary N) is 2. The Morgan fingerprint density at radius 2 is 1.18 bits per heavy atom. The smallest absolute Gasteiger partial charge is 0.298 e. The first-order valence-corrected chi connectivity index (χ1v) is 37.5. The van der Waals surface area contributed by atoms with Crippen LogP contribution >= 0.6 is 0 Å². The molecule has 9 amide bonds. The number of nitrogens with zero attached hydrogens (tertiary/aromatic N) is 11. The molecular weight excluding hydrogens is 1390 g/mol. The van der Waals surface area contributed by atoms with E-state index in [0.717, 1.165) is 56.9 Å². The van der Waals surface area contributed by atoms with E-state index in [4.69, 9.17) is 35.2 Å². The van der Waals surface area contributed by atoms with Crippen LogP contribution in [-0.2, 0) is 94.4 Å². The minimum atomic E-state index is -0.874. The zero-order chi connectivity index (χ0) is 77.1. The van der Waals surface area contributed by atoms with Gasteiger partial charge in [0.25, 0.3) is 11.8 Å². The van der Waals surface area contributed by atoms with E-state index in [2.05, 4.69) is 52.8 Å². The van der Waals surface area contributed by atoms with Gasteiger partial charge < -0.3 is 84.9 Å². The number of fused-ring (bicyclic) bond motifs is 3. The predicted molar refractivity (Wildman–Crippen MR) is 399 cm³/mol. The number of carbonyl (C=O) groups is 9. The first-order chi connectivity index (χ1) is 52.0. The molecule has 108 heavy (non-hydrogen) atoms. The van der Waals surface area contributed by atoms with E-state index in [1.807, 2.05) is 41.2 Å². The minimum Gasteiger partial charge on any atom is -0.377 e. The first-order valence-electron chi connectivity index (χ1n) is 37.5. The van der Waals surface area contributed by atoms with Crippen LogP contribution in [0.15, 0.2) is 82.8 Å². The molecular formula is C76H104N18O14. The van der Waals surface area contributed by atoms with Gasteiger partial charge in [0.15, 0.2) is 0 Å². The van der Waals surface area contributed by atoms with Crippen LogP contribution in [0.5, 0.6) is 0 Å². The molecule has 2 fully saturated rings. The number of imidazole rings is 2. The Bertz CT molecular complexity index is 4360. The maximum atomic E-state index is 14.8. The summed E-state index contributed by atoms with van der Waals surface area (Å²) >= 11 is 0. The number of nitrogens with one attached hydrogen (secondary N) is 5. The topological polar surface area (TPSA) is 395 Å². The monoisotopic (exact) mass is 1490 g/mol. The number of likely N-dealkylation sites (N-methyl/N-ethyl adjacent to an activating group) is 1. The number of hydrogen-bond donors (Lipinski definition) is 7. The second-order valence-corrected chi connectivity index (χ2v) is 27.8. The molecule has 1 saturated carbocycles. The zero-order valence-corrected chi connectivity index (χ0v) is 63.1. The minimum absolute atomic E-state index is 0.0887. The van der Waals surface area contributed by atoms with Gasteiger partial charge in [0.1, 0.15) is 36.7 Å². The number of benzene rings is 3. The molecule has 0 radical (unpaired) electrons. The maximum Gasteiger partial charge on any atom is 0.298 e. The maximum absolute atomic E-state index is 14.8. The van der Waals surface area contributed by atoms with E-state index in [9.17, 15) is 43.2 Å². The third-order valence-electron chi connectivity index (χ3n) is 20.3. The number of hydrogen-bond acceptors (Lipinski definition) is 17. The van der Waals surface area contributed by atoms with E-state index in [-0.39, 0.29) is 157 Å². The van der Waals surface area contributed by atoms with Crippen molar-refractivity contribution in [1.29, 1.82) is 0 Å². The number of amides is 9. The molecule has 9 N–H and O–H groups in total. The molecule has 1 unspecified atom stereocenters. The molecule has 4 aromatic heterocycles. The van der Waals surface area contributed by atoms with Gasteiger partial charge in [0, 0.05) is 70.5 Å². The van der Waals surface area contributed by atoms with Crippen molar-refractivity contribution in [1.82, 2.24) is 69.3 Å². The van der Waals surface area contributed by atoms with Gasteiger partial charge in [-0.05, 0) is 159 Å². The van der Waals surface area contributed by atoms with Crippen molar-refractivity contribution in [2.24, 2.45) is 41.5 Å². The lowest BCUT2D eigenvalue weighted by atomic mass is 9.83. The van der Waals surface area contributed by atoms with E-state index < -0.39 is 65.7 Å². The predicted octanol–water partition coefficient (Wildman–Crippen LogP) is 3.00. The molecule has 7 aromatic rings. The number of ether oxygens (including phenoxy) is 5. The summed E-state index contributed by atoms with van der Waals surface area (Å²) in [7, 11) is 5.15. The van der Waals surface area contributed by atoms with Crippen molar-refractivity contribution in [3.05, 3.63) is 129 Å². The average molecular weight is 1490 g/mol. The summed E-state index contributed by atoms with van der Waals surface area (Å²) < 4.78 is 39.6. The molecule has 1 aliphatic heterocycles. The van der Waals surface area contributed by atoms with Gasteiger partial charge in [-0.2, -0.15) is 20.2 Å². The van der Waals surface area contributed by atoms with Crippen LogP contribution in [0, 0.1) is 19.8 Å². The quantitative estimate of drug-likeness (QED) is 0.0275. The van der Waals surface area contributed by atoms with Gasteiger partial charge in [-0.25, -0.2) is 0 Å². The Kier molecular flexibility index (Phi) is 28.5. The number of rotatable bonds is 37. The third-order valence-corrected chi connectivity index (χ3v) is 20.3. The number of aromatic nitrogens is 8. The van der Waals surface area contributed by atoms with E-state index in [0.29, 0.717) is 57.9 Å². The Morgan fingerprint density at radius 3 is 1.72 bits per heavy atom. The first kappa shape index (κ1) is 80.5. The van der Waals surface area contributed by atoms with Crippen LogP contribution in [0.1, 0.15) is 155 Å². The van der Waals surface area contributed by atoms with Crippen LogP contribution < -0.4 is 49.3 Å². The summed E-state index contributed by atoms with van der Waals surface area (Å²) in [5.74, 6) is -4.18. The van der Waals surface area contributed by atoms with E-state index in [1.54, 1.807) is 114 Å². The van der Waals surface area contributed by atoms with Crippen LogP contribution in [-0.4, -0.2) is 206 Å². The van der Waals surface area contributed by atoms with Crippen molar-refractivity contribution in [3.8, 4) is 0 Å². The normalized spacial score (nSPS) is 17.2. The van der Waals surface area contributed by atoms with Crippen molar-refractivity contribution in [2.45, 2.75) is 168 Å². The molecule has 0 bridgehead atoms. The number of carbonyl (C=O) groups excluding carboxylic acids is 9. The van der Waals surface area contributed by atoms with Crippen molar-refractivity contribution >= 4 is 75.2 Å². The molecule has 3 aliphatic rings. The second kappa shape index (κ2) is 38.2. The summed E-state index contributed by atoms with van der Waals surface area (Å²) in [6.07, 6.45) is 7.12. The van der Waals surface area contributed by atoms with Gasteiger partial charge in [0.05, 0.1) is 97.9 Å². The molecule has 1 saturated heterocycles. The van der Waals surface area contributed by atoms with E-state index in [1.165, 1.54) is 5.56 Å². The highest BCUT2D eigenvalue weighted by Crippen LogP contribution is 2.33. The molecule has 10 rings (SSSR count). The molecule has 32 nitrogen and oxygen atoms in total. The Balaban J connectivity index is 0.703. The summed E-state index contributed by atoms with van der Waals surface area (Å²) in [6.45, 7) is 11.4. The van der Waals surface area contributed by atoms with Gasteiger partial charge in [-0.1, -0.05) is 43.5 Å². The van der Waals surface area contributed by atoms with Crippen molar-refractivity contribution < 1.29 is 66.8 Å². The summed E-state index contributed by atoms with van der Waals surface area (Å²) in [5, 5.41) is 24.0. The summed E-state index contributed by atoms with van der Waals surface area (Å²) in [4.78, 5) is 133. The molecule has 2 aliphatic carbocycles. The fraction of sp³-hybridized carbons (Fsp3) is 0.539. The van der Waals surface area contributed by atoms with Gasteiger partial charge in [-0.3, -0.25) is 52.5 Å². The Labute approximate surface area is 626 Å². The highest BCUT2D eigenvalue weighted by Gasteiger charge is 2.45. The lowest BCUT2D eigenvalue weighted by Crippen LogP contribution is -2.58. The van der Waals surface area contributed by atoms with Crippen molar-refractivity contribution in [3.63, 3.8) is 0 Å². The van der Waals surface area contributed by atoms with Gasteiger partial charge >= 0.3 is 0 Å². The molecule has 5 atom stereocenters. The largest absolute Gasteiger partial charge is 0.377 e. The molecule has 32 heteroatoms. The lowest BCUT2D eigenvalue weighted by Gasteiger charge is -2.35. The second-order valence-electron chi connectivity index (χ2n) is 27.8. The number of primary amides is 2. The highest BCUT2D eigenvalue weighted by molar-refractivity contribution is 5.98. The summed E-state index contributed by atoms with van der Waals surface area (Å²) in [6, 6.07) is 18.4. The zero-order valence-electron chi connectivity index (χ0n) is 63.1. The average Bonchev–Trinajstić information content (AvgIpc) is 1.61. The summed E-state index contributed by atoms with van der Waals surface area (Å²) in [5.41, 5.74) is 19.0. The lowest BCUT2D eigenvalue weighted by molar-refractivity contribution is -0.143. The standard InChI is InChI=1S/C76H104N18O14/c1-9-93-63(39-47(3)86-93)72(101)84-75-88(7)60-41-52(68(77)97)23-25-58(60)90(75)30-27-55(28-31-91-59-26-24-53(69(78)98)42-61(59)89(8)76(91)85-73(102)64-40-48(4)87-94(64)10-2)108-46-65(95)80-29-32-104-33-34-105-35-36-106-37-38-107-45-66(96)81-54-43-62(71(100)82-57-22-16-20-50-17-14-15-21-56(50)57)92(44-54)74(103)67(51-18-12-11-13-19-51)83-70(99)49(5)79-6/h14-15,17,21,23-26,39-42,49,51,54-55,57,62,67,79H,9-13,16,18-20,22,27-38,43-46H2,1-8H3,(H2,77,97)(H2,78,98)(H,80,95)(H,81,96)(H,82,100)(H,83,99)/t49-,54-,55?,57?,62-,67-/m0/s1. The molecule has 3 aromatic carbocycles.